The fourth-order valence-electron chi connectivity index (χ4n) is 4.54. The number of hydrogen-bond acceptors (Lipinski definition) is 6. The van der Waals surface area contributed by atoms with Gasteiger partial charge in [0.25, 0.3) is 0 Å². The normalized spacial score (nSPS) is 11.1. The van der Waals surface area contributed by atoms with Crippen molar-refractivity contribution < 1.29 is 19.0 Å². The third-order valence-corrected chi connectivity index (χ3v) is 7.01. The summed E-state index contributed by atoms with van der Waals surface area (Å²) >= 11 is 6.64. The predicted molar refractivity (Wildman–Crippen MR) is 158 cm³/mol. The molecule has 5 rings (SSSR count). The van der Waals surface area contributed by atoms with Crippen LogP contribution >= 0.6 is 11.6 Å². The van der Waals surface area contributed by atoms with E-state index in [9.17, 15) is 9.90 Å². The van der Waals surface area contributed by atoms with E-state index in [2.05, 4.69) is 36.5 Å². The maximum atomic E-state index is 11.6. The Kier molecular flexibility index (Phi) is 8.81. The minimum atomic E-state index is -0.396. The lowest BCUT2D eigenvalue weighted by Gasteiger charge is -2.17. The molecule has 0 saturated heterocycles. The summed E-state index contributed by atoms with van der Waals surface area (Å²) in [5, 5.41) is 13.7. The summed E-state index contributed by atoms with van der Waals surface area (Å²) in [4.78, 5) is 11.6. The van der Waals surface area contributed by atoms with Crippen LogP contribution in [-0.4, -0.2) is 18.3 Å². The lowest BCUT2D eigenvalue weighted by atomic mass is 9.97. The minimum Gasteiger partial charge on any atom is -0.488 e. The van der Waals surface area contributed by atoms with Gasteiger partial charge in [0.1, 0.15) is 30.3 Å². The van der Waals surface area contributed by atoms with E-state index >= 15 is 0 Å². The van der Waals surface area contributed by atoms with E-state index in [1.807, 2.05) is 42.5 Å². The molecule has 0 fully saturated rings. The van der Waals surface area contributed by atoms with Crippen molar-refractivity contribution in [3.63, 3.8) is 0 Å². The van der Waals surface area contributed by atoms with Crippen molar-refractivity contribution >= 4 is 22.6 Å². The van der Waals surface area contributed by atoms with Crippen LogP contribution in [0.5, 0.6) is 11.5 Å². The highest BCUT2D eigenvalue weighted by Gasteiger charge is 2.14. The molecule has 0 aliphatic heterocycles. The van der Waals surface area contributed by atoms with Crippen LogP contribution in [0.15, 0.2) is 100 Å². The van der Waals surface area contributed by atoms with Crippen LogP contribution in [0.1, 0.15) is 22.3 Å². The second kappa shape index (κ2) is 12.8. The van der Waals surface area contributed by atoms with Crippen LogP contribution < -0.4 is 20.4 Å². The van der Waals surface area contributed by atoms with Gasteiger partial charge in [-0.3, -0.25) is 0 Å². The minimum absolute atomic E-state index is 0.0226. The molecule has 40 heavy (non-hydrogen) atoms. The average Bonchev–Trinajstić information content (AvgIpc) is 2.97. The first-order chi connectivity index (χ1) is 19.5. The van der Waals surface area contributed by atoms with Crippen LogP contribution in [0.25, 0.3) is 22.1 Å². The van der Waals surface area contributed by atoms with E-state index in [1.54, 1.807) is 18.2 Å². The fourth-order valence-corrected chi connectivity index (χ4v) is 4.78. The van der Waals surface area contributed by atoms with Gasteiger partial charge in [-0.15, -0.1) is 0 Å². The van der Waals surface area contributed by atoms with E-state index in [0.717, 1.165) is 38.8 Å². The molecule has 204 valence electrons. The molecule has 6 nitrogen and oxygen atoms in total. The van der Waals surface area contributed by atoms with Crippen molar-refractivity contribution in [1.29, 1.82) is 0 Å². The molecule has 0 amide bonds. The van der Waals surface area contributed by atoms with Crippen LogP contribution in [-0.2, 0) is 19.8 Å². The topological polar surface area (TPSA) is 80.9 Å². The van der Waals surface area contributed by atoms with Crippen molar-refractivity contribution in [2.45, 2.75) is 26.7 Å². The number of aliphatic hydroxyl groups excluding tert-OH is 1. The van der Waals surface area contributed by atoms with E-state index in [4.69, 9.17) is 25.5 Å². The standard InChI is InChI=1S/C33H30ClNO5/c1-22-26(8-5-9-28(22)24-6-3-2-4-7-24)21-39-32-18-30(27(17-29(32)34)19-35-14-15-36)38-20-23-10-11-25-12-13-33(37)40-31(25)16-23/h2-13,16-18,35-36H,14-15,19-21H2,1H3. The Bertz CT molecular complexity index is 1670. The first kappa shape index (κ1) is 27.5. The number of ether oxygens (including phenoxy) is 2. The van der Waals surface area contributed by atoms with Crippen molar-refractivity contribution in [3.8, 4) is 22.6 Å². The fraction of sp³-hybridized carbons (Fsp3) is 0.182. The highest BCUT2D eigenvalue weighted by molar-refractivity contribution is 6.32. The second-order valence-corrected chi connectivity index (χ2v) is 9.86. The first-order valence-corrected chi connectivity index (χ1v) is 13.5. The summed E-state index contributed by atoms with van der Waals surface area (Å²) < 4.78 is 17.8. The van der Waals surface area contributed by atoms with Crippen LogP contribution in [0.4, 0.5) is 0 Å². The Morgan fingerprint density at radius 3 is 2.48 bits per heavy atom. The van der Waals surface area contributed by atoms with Crippen molar-refractivity contribution in [2.75, 3.05) is 13.2 Å². The largest absolute Gasteiger partial charge is 0.488 e. The first-order valence-electron chi connectivity index (χ1n) is 13.1. The number of benzene rings is 4. The second-order valence-electron chi connectivity index (χ2n) is 9.45. The molecule has 0 aliphatic carbocycles. The number of hydrogen-bond donors (Lipinski definition) is 2. The van der Waals surface area contributed by atoms with E-state index < -0.39 is 5.63 Å². The van der Waals surface area contributed by atoms with Gasteiger partial charge in [-0.05, 0) is 52.9 Å². The average molecular weight is 556 g/mol. The third kappa shape index (κ3) is 6.54. The number of nitrogens with one attached hydrogen (secondary N) is 1. The molecule has 1 aromatic heterocycles. The molecule has 7 heteroatoms. The lowest BCUT2D eigenvalue weighted by Crippen LogP contribution is -2.18. The Labute approximate surface area is 237 Å². The maximum absolute atomic E-state index is 11.6. The predicted octanol–water partition coefficient (Wildman–Crippen LogP) is 6.66. The van der Waals surface area contributed by atoms with Gasteiger partial charge in [0.2, 0.25) is 0 Å². The zero-order chi connectivity index (χ0) is 27.9. The van der Waals surface area contributed by atoms with Crippen molar-refractivity contribution in [1.82, 2.24) is 5.32 Å². The van der Waals surface area contributed by atoms with Crippen molar-refractivity contribution in [2.24, 2.45) is 0 Å². The number of aliphatic hydroxyl groups is 1. The number of halogens is 1. The van der Waals surface area contributed by atoms with Gasteiger partial charge in [-0.25, -0.2) is 4.79 Å². The Hall–Kier alpha value is -4.10. The van der Waals surface area contributed by atoms with Gasteiger partial charge in [-0.2, -0.15) is 0 Å². The van der Waals surface area contributed by atoms with E-state index in [0.29, 0.717) is 41.8 Å². The molecule has 0 atom stereocenters. The summed E-state index contributed by atoms with van der Waals surface area (Å²) in [6.45, 7) is 3.61. The maximum Gasteiger partial charge on any atom is 0.336 e. The third-order valence-electron chi connectivity index (χ3n) is 6.71. The van der Waals surface area contributed by atoms with E-state index in [1.165, 1.54) is 6.07 Å². The van der Waals surface area contributed by atoms with Crippen molar-refractivity contribution in [3.05, 3.63) is 129 Å². The molecule has 0 radical (unpaired) electrons. The van der Waals surface area contributed by atoms with Gasteiger partial charge in [0.05, 0.1) is 11.6 Å². The van der Waals surface area contributed by atoms with Crippen LogP contribution in [0, 0.1) is 6.92 Å². The molecule has 0 unspecified atom stereocenters. The van der Waals surface area contributed by atoms with Gasteiger partial charge in [0.15, 0.2) is 0 Å². The molecule has 0 spiro atoms. The number of rotatable bonds is 11. The summed E-state index contributed by atoms with van der Waals surface area (Å²) in [5.74, 6) is 1.12. The Morgan fingerprint density at radius 2 is 1.65 bits per heavy atom. The van der Waals surface area contributed by atoms with Crippen LogP contribution in [0.3, 0.4) is 0 Å². The van der Waals surface area contributed by atoms with Gasteiger partial charge >= 0.3 is 5.63 Å². The van der Waals surface area contributed by atoms with Gasteiger partial charge in [-0.1, -0.05) is 72.3 Å². The molecule has 0 bridgehead atoms. The summed E-state index contributed by atoms with van der Waals surface area (Å²) in [6.07, 6.45) is 0. The SMILES string of the molecule is Cc1c(COc2cc(OCc3ccc4ccc(=O)oc4c3)c(CNCCO)cc2Cl)cccc1-c1ccccc1. The zero-order valence-corrected chi connectivity index (χ0v) is 22.9. The smallest absolute Gasteiger partial charge is 0.336 e. The lowest BCUT2D eigenvalue weighted by molar-refractivity contribution is 0.282. The quantitative estimate of drug-likeness (QED) is 0.140. The highest BCUT2D eigenvalue weighted by Crippen LogP contribution is 2.35. The van der Waals surface area contributed by atoms with Gasteiger partial charge < -0.3 is 24.3 Å². The molecule has 4 aromatic carbocycles. The summed E-state index contributed by atoms with van der Waals surface area (Å²) in [6, 6.07) is 28.8. The van der Waals surface area contributed by atoms with Crippen LogP contribution in [0.2, 0.25) is 5.02 Å². The van der Waals surface area contributed by atoms with Gasteiger partial charge in [0, 0.05) is 36.2 Å². The molecule has 1 heterocycles. The highest BCUT2D eigenvalue weighted by atomic mass is 35.5. The molecule has 0 saturated carbocycles. The number of fused-ring (bicyclic) bond motifs is 1. The van der Waals surface area contributed by atoms with E-state index in [-0.39, 0.29) is 13.2 Å². The Balaban J connectivity index is 1.37. The molecule has 2 N–H and O–H groups in total. The summed E-state index contributed by atoms with van der Waals surface area (Å²) in [5.41, 5.74) is 6.32. The summed E-state index contributed by atoms with van der Waals surface area (Å²) in [7, 11) is 0. The molecule has 5 aromatic rings. The zero-order valence-electron chi connectivity index (χ0n) is 22.2. The molecular formula is C33H30ClNO5. The Morgan fingerprint density at radius 1 is 0.850 bits per heavy atom. The monoisotopic (exact) mass is 555 g/mol. The molecular weight excluding hydrogens is 526 g/mol. The molecule has 0 aliphatic rings.